The summed E-state index contributed by atoms with van der Waals surface area (Å²) in [5.74, 6) is 0.531. The predicted octanol–water partition coefficient (Wildman–Crippen LogP) is 5.04. The first-order chi connectivity index (χ1) is 9.52. The van der Waals surface area contributed by atoms with Crippen LogP contribution in [0.25, 0.3) is 0 Å². The van der Waals surface area contributed by atoms with E-state index in [2.05, 4.69) is 15.9 Å². The molecule has 4 heteroatoms. The fraction of sp³-hybridized carbons (Fsp3) is 0.188. The lowest BCUT2D eigenvalue weighted by Crippen LogP contribution is -2.06. The molecular weight excluding hydrogens is 340 g/mol. The second-order valence-corrected chi connectivity index (χ2v) is 5.65. The first kappa shape index (κ1) is 15.1. The van der Waals surface area contributed by atoms with Gasteiger partial charge in [0.2, 0.25) is 0 Å². The van der Waals surface area contributed by atoms with Gasteiger partial charge in [0, 0.05) is 10.0 Å². The minimum atomic E-state index is -0.0745. The van der Waals surface area contributed by atoms with Crippen molar-refractivity contribution in [2.45, 2.75) is 13.8 Å². The number of hydrogen-bond acceptors (Lipinski definition) is 2. The standard InChI is InChI=1S/C16H14BrClO2/c1-3-20-15-7-4-10(2)8-12(15)16(19)11-5-6-14(18)13(17)9-11/h4-9H,3H2,1-2H3. The van der Waals surface area contributed by atoms with Crippen LogP contribution < -0.4 is 4.74 Å². The van der Waals surface area contributed by atoms with Gasteiger partial charge in [-0.3, -0.25) is 4.79 Å². The van der Waals surface area contributed by atoms with Crippen LogP contribution in [0.2, 0.25) is 5.02 Å². The lowest BCUT2D eigenvalue weighted by atomic mass is 10.0. The number of carbonyl (C=O) groups excluding carboxylic acids is 1. The van der Waals surface area contributed by atoms with E-state index in [1.54, 1.807) is 18.2 Å². The van der Waals surface area contributed by atoms with E-state index in [-0.39, 0.29) is 5.78 Å². The van der Waals surface area contributed by atoms with Crippen LogP contribution in [0.5, 0.6) is 5.75 Å². The molecule has 2 rings (SSSR count). The molecule has 0 bridgehead atoms. The van der Waals surface area contributed by atoms with Crippen molar-refractivity contribution in [2.24, 2.45) is 0 Å². The zero-order valence-electron chi connectivity index (χ0n) is 11.2. The number of rotatable bonds is 4. The zero-order chi connectivity index (χ0) is 14.7. The van der Waals surface area contributed by atoms with Gasteiger partial charge in [0.1, 0.15) is 5.75 Å². The quantitative estimate of drug-likeness (QED) is 0.720. The highest BCUT2D eigenvalue weighted by molar-refractivity contribution is 9.10. The summed E-state index contributed by atoms with van der Waals surface area (Å²) < 4.78 is 6.23. The fourth-order valence-electron chi connectivity index (χ4n) is 1.90. The van der Waals surface area contributed by atoms with Crippen molar-refractivity contribution in [2.75, 3.05) is 6.61 Å². The van der Waals surface area contributed by atoms with Crippen molar-refractivity contribution in [1.29, 1.82) is 0 Å². The van der Waals surface area contributed by atoms with Crippen molar-refractivity contribution in [3.05, 3.63) is 62.6 Å². The average molecular weight is 354 g/mol. The van der Waals surface area contributed by atoms with Crippen molar-refractivity contribution in [3.63, 3.8) is 0 Å². The molecular formula is C16H14BrClO2. The molecule has 0 saturated heterocycles. The van der Waals surface area contributed by atoms with Gasteiger partial charge in [-0.2, -0.15) is 0 Å². The Hall–Kier alpha value is -1.32. The number of benzene rings is 2. The van der Waals surface area contributed by atoms with Crippen LogP contribution in [0, 0.1) is 6.92 Å². The Bertz CT molecular complexity index is 653. The van der Waals surface area contributed by atoms with E-state index in [0.29, 0.717) is 33.0 Å². The van der Waals surface area contributed by atoms with Gasteiger partial charge in [-0.25, -0.2) is 0 Å². The molecule has 2 nitrogen and oxygen atoms in total. The third-order valence-electron chi connectivity index (χ3n) is 2.86. The maximum absolute atomic E-state index is 12.6. The van der Waals surface area contributed by atoms with Gasteiger partial charge >= 0.3 is 0 Å². The van der Waals surface area contributed by atoms with Gasteiger partial charge in [0.25, 0.3) is 0 Å². The van der Waals surface area contributed by atoms with E-state index >= 15 is 0 Å². The smallest absolute Gasteiger partial charge is 0.196 e. The molecule has 0 aliphatic carbocycles. The van der Waals surface area contributed by atoms with E-state index in [1.807, 2.05) is 32.0 Å². The summed E-state index contributed by atoms with van der Waals surface area (Å²) in [5, 5.41) is 0.579. The molecule has 20 heavy (non-hydrogen) atoms. The highest BCUT2D eigenvalue weighted by atomic mass is 79.9. The number of carbonyl (C=O) groups is 1. The van der Waals surface area contributed by atoms with Crippen molar-refractivity contribution >= 4 is 33.3 Å². The molecule has 0 saturated carbocycles. The van der Waals surface area contributed by atoms with Crippen molar-refractivity contribution in [1.82, 2.24) is 0 Å². The summed E-state index contributed by atoms with van der Waals surface area (Å²) in [6.45, 7) is 4.37. The van der Waals surface area contributed by atoms with Crippen LogP contribution in [0.1, 0.15) is 28.4 Å². The van der Waals surface area contributed by atoms with Gasteiger partial charge in [-0.05, 0) is 60.1 Å². The number of aryl methyl sites for hydroxylation is 1. The van der Waals surface area contributed by atoms with Gasteiger partial charge in [-0.1, -0.05) is 23.2 Å². The number of ketones is 1. The van der Waals surface area contributed by atoms with Gasteiger partial charge < -0.3 is 4.74 Å². The summed E-state index contributed by atoms with van der Waals surface area (Å²) >= 11 is 9.29. The lowest BCUT2D eigenvalue weighted by molar-refractivity contribution is 0.103. The Kier molecular flexibility index (Phi) is 4.84. The van der Waals surface area contributed by atoms with E-state index in [4.69, 9.17) is 16.3 Å². The zero-order valence-corrected chi connectivity index (χ0v) is 13.6. The predicted molar refractivity (Wildman–Crippen MR) is 84.9 cm³/mol. The monoisotopic (exact) mass is 352 g/mol. The molecule has 0 radical (unpaired) electrons. The minimum Gasteiger partial charge on any atom is -0.493 e. The summed E-state index contributed by atoms with van der Waals surface area (Å²) in [4.78, 5) is 12.6. The van der Waals surface area contributed by atoms with Crippen molar-refractivity contribution < 1.29 is 9.53 Å². The van der Waals surface area contributed by atoms with Gasteiger partial charge in [0.05, 0.1) is 17.2 Å². The summed E-state index contributed by atoms with van der Waals surface area (Å²) in [6.07, 6.45) is 0. The molecule has 104 valence electrons. The molecule has 0 atom stereocenters. The second kappa shape index (κ2) is 6.42. The first-order valence-corrected chi connectivity index (χ1v) is 7.43. The Morgan fingerprint density at radius 3 is 2.65 bits per heavy atom. The van der Waals surface area contributed by atoms with Crippen LogP contribution in [-0.2, 0) is 0 Å². The van der Waals surface area contributed by atoms with Crippen LogP contribution >= 0.6 is 27.5 Å². The largest absolute Gasteiger partial charge is 0.493 e. The minimum absolute atomic E-state index is 0.0745. The van der Waals surface area contributed by atoms with Crippen molar-refractivity contribution in [3.8, 4) is 5.75 Å². The van der Waals surface area contributed by atoms with Crippen LogP contribution in [0.3, 0.4) is 0 Å². The Morgan fingerprint density at radius 2 is 2.00 bits per heavy atom. The molecule has 0 heterocycles. The Balaban J connectivity index is 2.46. The SMILES string of the molecule is CCOc1ccc(C)cc1C(=O)c1ccc(Cl)c(Br)c1. The summed E-state index contributed by atoms with van der Waals surface area (Å²) in [5.41, 5.74) is 2.17. The molecule has 0 aliphatic heterocycles. The maximum atomic E-state index is 12.6. The van der Waals surface area contributed by atoms with Gasteiger partial charge in [-0.15, -0.1) is 0 Å². The molecule has 0 spiro atoms. The number of ether oxygens (including phenoxy) is 1. The highest BCUT2D eigenvalue weighted by Gasteiger charge is 2.16. The molecule has 0 fully saturated rings. The third kappa shape index (κ3) is 3.22. The second-order valence-electron chi connectivity index (χ2n) is 4.39. The Labute approximate surface area is 131 Å². The third-order valence-corrected chi connectivity index (χ3v) is 4.08. The normalized spacial score (nSPS) is 10.4. The van der Waals surface area contributed by atoms with Gasteiger partial charge in [0.15, 0.2) is 5.78 Å². The van der Waals surface area contributed by atoms with Crippen LogP contribution in [-0.4, -0.2) is 12.4 Å². The molecule has 0 unspecified atom stereocenters. The molecule has 2 aromatic carbocycles. The van der Waals surface area contributed by atoms with E-state index in [9.17, 15) is 4.79 Å². The molecule has 0 N–H and O–H groups in total. The highest BCUT2D eigenvalue weighted by Crippen LogP contribution is 2.27. The molecule has 2 aromatic rings. The molecule has 0 amide bonds. The van der Waals surface area contributed by atoms with E-state index < -0.39 is 0 Å². The van der Waals surface area contributed by atoms with E-state index in [1.165, 1.54) is 0 Å². The number of halogens is 2. The van der Waals surface area contributed by atoms with Crippen LogP contribution in [0.4, 0.5) is 0 Å². The molecule has 0 aliphatic rings. The maximum Gasteiger partial charge on any atom is 0.196 e. The fourth-order valence-corrected chi connectivity index (χ4v) is 2.39. The summed E-state index contributed by atoms with van der Waals surface area (Å²) in [7, 11) is 0. The molecule has 0 aromatic heterocycles. The Morgan fingerprint density at radius 1 is 1.25 bits per heavy atom. The lowest BCUT2D eigenvalue weighted by Gasteiger charge is -2.11. The van der Waals surface area contributed by atoms with Crippen LogP contribution in [0.15, 0.2) is 40.9 Å². The van der Waals surface area contributed by atoms with E-state index in [0.717, 1.165) is 5.56 Å². The first-order valence-electron chi connectivity index (χ1n) is 6.26. The number of hydrogen-bond donors (Lipinski definition) is 0. The average Bonchev–Trinajstić information content (AvgIpc) is 2.43. The summed E-state index contributed by atoms with van der Waals surface area (Å²) in [6, 6.07) is 10.7. The topological polar surface area (TPSA) is 26.3 Å².